The Morgan fingerprint density at radius 2 is 0.890 bits per heavy atom. The third-order valence-electron chi connectivity index (χ3n) is 12.8. The van der Waals surface area contributed by atoms with Gasteiger partial charge in [-0.05, 0) is 183 Å². The number of aromatic hydroxyl groups is 1. The molecule has 6 rings (SSSR count). The van der Waals surface area contributed by atoms with Crippen molar-refractivity contribution in [3.63, 3.8) is 0 Å². The van der Waals surface area contributed by atoms with Gasteiger partial charge in [0.05, 0.1) is 48.1 Å². The van der Waals surface area contributed by atoms with Crippen molar-refractivity contribution in [2.45, 2.75) is 166 Å². The van der Waals surface area contributed by atoms with Gasteiger partial charge in [0.25, 0.3) is 0 Å². The van der Waals surface area contributed by atoms with Crippen LogP contribution < -0.4 is 14.8 Å². The molecule has 0 atom stereocenters. The lowest BCUT2D eigenvalue weighted by Gasteiger charge is -2.34. The molecule has 0 aliphatic carbocycles. The van der Waals surface area contributed by atoms with Gasteiger partial charge in [0, 0.05) is 50.8 Å². The summed E-state index contributed by atoms with van der Waals surface area (Å²) in [4.78, 5) is 27.4. The van der Waals surface area contributed by atoms with E-state index in [4.69, 9.17) is 34.7 Å². The Morgan fingerprint density at radius 3 is 1.21 bits per heavy atom. The maximum Gasteiger partial charge on any atom is 0.416 e. The minimum Gasteiger partial charge on any atom is -0.508 e. The molecule has 3 aromatic carbocycles. The standard InChI is InChI=1S/C21H27F3N2O3.C17H22F3NO3.C16H19F3N2O.C4H6BrN.ClH/c1-20(2,3)29-19(27)26-11-8-15(9-12-26)17-7-6-16(21(22,23)24)14-18(17)28-13-5-4-10-25;1-16(2,3)24-15(23)21-8-6-11(7-9-21)13-5-4-12(10-14(13)22)17(18,19)20;17-16(18,19)13-3-4-14(12-5-8-21-9-6-12)15(11-13)22-10-2-1-7-20;5-3-1-2-4-6;/h6-7,14-15H,4-5,8-9,11-13H2,1-3H3;4-5,10-11,22H,6-9H2,1-3H3;3-4,11-12,21H,1-2,5-6,8-10H2;1-3H2;1H. The number of phenolic OH excluding ortho intramolecular Hbond substituents is 1. The van der Waals surface area contributed by atoms with Crippen LogP contribution in [0.5, 0.6) is 17.2 Å². The van der Waals surface area contributed by atoms with E-state index in [1.54, 1.807) is 57.4 Å². The molecule has 0 saturated carbocycles. The van der Waals surface area contributed by atoms with Crippen LogP contribution in [0.2, 0.25) is 0 Å². The number of carbonyl (C=O) groups is 2. The van der Waals surface area contributed by atoms with Gasteiger partial charge in [0.2, 0.25) is 0 Å². The van der Waals surface area contributed by atoms with Crippen LogP contribution >= 0.6 is 28.3 Å². The summed E-state index contributed by atoms with van der Waals surface area (Å²) in [6.45, 7) is 14.8. The summed E-state index contributed by atoms with van der Waals surface area (Å²) >= 11 is 3.20. The van der Waals surface area contributed by atoms with Crippen LogP contribution in [0.3, 0.4) is 0 Å². The molecule has 0 bridgehead atoms. The normalized spacial score (nSPS) is 15.4. The molecular formula is C58H75BrClF9N6O7. The average Bonchev–Trinajstić information content (AvgIpc) is 3.39. The van der Waals surface area contributed by atoms with Gasteiger partial charge in [0.15, 0.2) is 0 Å². The van der Waals surface area contributed by atoms with Gasteiger partial charge in [-0.3, -0.25) is 0 Å². The molecule has 0 unspecified atom stereocenters. The number of unbranched alkanes of at least 4 members (excludes halogenated alkanes) is 3. The van der Waals surface area contributed by atoms with Crippen molar-refractivity contribution in [3.8, 4) is 35.5 Å². The summed E-state index contributed by atoms with van der Waals surface area (Å²) < 4.78 is 138. The highest BCUT2D eigenvalue weighted by Gasteiger charge is 2.36. The number of likely N-dealkylation sites (tertiary alicyclic amines) is 2. The Bertz CT molecular complexity index is 2570. The van der Waals surface area contributed by atoms with Crippen molar-refractivity contribution < 1.29 is 73.2 Å². The molecule has 2 N–H and O–H groups in total. The lowest BCUT2D eigenvalue weighted by molar-refractivity contribution is -0.138. The molecule has 3 aliphatic rings. The maximum absolute atomic E-state index is 13.1. The SMILES string of the molecule is CC(C)(C)OC(=O)N1CCC(c2ccc(C(F)(F)F)cc2O)CC1.CC(C)(C)OC(=O)N1CCC(c2ccc(C(F)(F)F)cc2OCCCC#N)CC1.Cl.N#CCCCBr.N#CCCCOc1cc(C(F)(F)F)ccc1C1CCNCC1. The molecule has 0 aromatic heterocycles. The van der Waals surface area contributed by atoms with Gasteiger partial charge in [-0.15, -0.1) is 12.4 Å². The highest BCUT2D eigenvalue weighted by Crippen LogP contribution is 2.42. The molecule has 3 aliphatic heterocycles. The smallest absolute Gasteiger partial charge is 0.416 e. The molecule has 3 heterocycles. The first-order valence-electron chi connectivity index (χ1n) is 26.8. The van der Waals surface area contributed by atoms with Crippen molar-refractivity contribution >= 4 is 40.5 Å². The second-order valence-corrected chi connectivity index (χ2v) is 22.2. The summed E-state index contributed by atoms with van der Waals surface area (Å²) in [5.74, 6) is 0.288. The predicted molar refractivity (Wildman–Crippen MR) is 297 cm³/mol. The summed E-state index contributed by atoms with van der Waals surface area (Å²) in [7, 11) is 0. The maximum atomic E-state index is 13.1. The molecule has 3 aromatic rings. The number of alkyl halides is 10. The molecule has 456 valence electrons. The van der Waals surface area contributed by atoms with Crippen LogP contribution in [-0.2, 0) is 28.0 Å². The van der Waals surface area contributed by atoms with Crippen LogP contribution in [-0.4, -0.2) is 96.1 Å². The number of nitrogens with zero attached hydrogens (tertiary/aromatic N) is 5. The number of hydrogen-bond acceptors (Lipinski definition) is 11. The topological polar surface area (TPSA) is 181 Å². The highest BCUT2D eigenvalue weighted by molar-refractivity contribution is 9.09. The van der Waals surface area contributed by atoms with Gasteiger partial charge in [-0.2, -0.15) is 55.3 Å². The van der Waals surface area contributed by atoms with Crippen molar-refractivity contribution in [1.29, 1.82) is 15.8 Å². The molecule has 13 nitrogen and oxygen atoms in total. The first kappa shape index (κ1) is 72.3. The monoisotopic (exact) mass is 1250 g/mol. The van der Waals surface area contributed by atoms with Gasteiger partial charge >= 0.3 is 30.7 Å². The second kappa shape index (κ2) is 34.1. The van der Waals surface area contributed by atoms with Crippen LogP contribution in [0.1, 0.15) is 170 Å². The van der Waals surface area contributed by atoms with Crippen molar-refractivity contribution in [2.75, 3.05) is 57.8 Å². The van der Waals surface area contributed by atoms with Gasteiger partial charge < -0.3 is 39.2 Å². The number of halogens is 11. The predicted octanol–water partition coefficient (Wildman–Crippen LogP) is 16.0. The molecule has 2 amide bonds. The number of piperidine rings is 3. The minimum atomic E-state index is -4.48. The number of benzene rings is 3. The highest BCUT2D eigenvalue weighted by atomic mass is 79.9. The number of phenols is 1. The Morgan fingerprint density at radius 1 is 0.561 bits per heavy atom. The largest absolute Gasteiger partial charge is 0.508 e. The summed E-state index contributed by atoms with van der Waals surface area (Å²) in [5.41, 5.74) is -1.43. The fraction of sp³-hybridized carbons (Fsp3) is 0.603. The zero-order chi connectivity index (χ0) is 60.6. The van der Waals surface area contributed by atoms with E-state index in [0.29, 0.717) is 94.4 Å². The Hall–Kier alpha value is -5.83. The molecule has 82 heavy (non-hydrogen) atoms. The van der Waals surface area contributed by atoms with Crippen LogP contribution in [0, 0.1) is 34.0 Å². The van der Waals surface area contributed by atoms with Gasteiger partial charge in [0.1, 0.15) is 28.5 Å². The Labute approximate surface area is 489 Å². The number of rotatable bonds is 13. The number of ether oxygens (including phenoxy) is 4. The zero-order valence-electron chi connectivity index (χ0n) is 47.1. The van der Waals surface area contributed by atoms with E-state index in [1.165, 1.54) is 12.1 Å². The number of amides is 2. The fourth-order valence-corrected chi connectivity index (χ4v) is 9.04. The number of hydrogen-bond donors (Lipinski definition) is 2. The summed E-state index contributed by atoms with van der Waals surface area (Å²) in [6, 6.07) is 16.4. The number of nitrogens with one attached hydrogen (secondary N) is 1. The van der Waals surface area contributed by atoms with E-state index in [0.717, 1.165) is 79.6 Å². The van der Waals surface area contributed by atoms with Crippen molar-refractivity contribution in [2.24, 2.45) is 0 Å². The second-order valence-electron chi connectivity index (χ2n) is 21.5. The fourth-order valence-electron chi connectivity index (χ4n) is 8.76. The molecule has 3 saturated heterocycles. The number of nitriles is 3. The lowest BCUT2D eigenvalue weighted by Crippen LogP contribution is -2.41. The molecule has 24 heteroatoms. The molecule has 0 spiro atoms. The molecule has 3 fully saturated rings. The van der Waals surface area contributed by atoms with Crippen LogP contribution in [0.15, 0.2) is 54.6 Å². The third-order valence-corrected chi connectivity index (χ3v) is 13.4. The molecular weight excluding hydrogens is 1180 g/mol. The minimum absolute atomic E-state index is 0. The van der Waals surface area contributed by atoms with Crippen LogP contribution in [0.4, 0.5) is 49.1 Å². The first-order valence-corrected chi connectivity index (χ1v) is 28.0. The van der Waals surface area contributed by atoms with Crippen molar-refractivity contribution in [1.82, 2.24) is 15.1 Å². The lowest BCUT2D eigenvalue weighted by atomic mass is 9.88. The van der Waals surface area contributed by atoms with Crippen molar-refractivity contribution in [3.05, 3.63) is 88.0 Å². The third kappa shape index (κ3) is 25.8. The first-order chi connectivity index (χ1) is 37.9. The Kier molecular flexibility index (Phi) is 30.0. The van der Waals surface area contributed by atoms with Crippen LogP contribution in [0.25, 0.3) is 0 Å². The molecule has 0 radical (unpaired) electrons. The van der Waals surface area contributed by atoms with E-state index in [1.807, 2.05) is 18.2 Å². The summed E-state index contributed by atoms with van der Waals surface area (Å²) in [5, 5.41) is 39.2. The van der Waals surface area contributed by atoms with Gasteiger partial charge in [-0.1, -0.05) is 34.1 Å². The average molecular weight is 1250 g/mol. The van der Waals surface area contributed by atoms with E-state index < -0.39 is 52.5 Å². The zero-order valence-corrected chi connectivity index (χ0v) is 49.5. The van der Waals surface area contributed by atoms with E-state index in [9.17, 15) is 54.2 Å². The quantitative estimate of drug-likeness (QED) is 0.0944. The Balaban J connectivity index is 0.000000400. The van der Waals surface area contributed by atoms with E-state index in [-0.39, 0.29) is 67.4 Å². The van der Waals surface area contributed by atoms with E-state index >= 15 is 0 Å². The van der Waals surface area contributed by atoms with E-state index in [2.05, 4.69) is 21.2 Å². The summed E-state index contributed by atoms with van der Waals surface area (Å²) in [6.07, 6.45) is -6.73. The number of carbonyl (C=O) groups excluding carboxylic acids is 2. The van der Waals surface area contributed by atoms with Gasteiger partial charge in [-0.25, -0.2) is 9.59 Å².